The van der Waals surface area contributed by atoms with Crippen molar-refractivity contribution in [2.75, 3.05) is 0 Å². The molecule has 0 saturated heterocycles. The van der Waals surface area contributed by atoms with Crippen LogP contribution in [0.4, 0.5) is 13.2 Å². The lowest BCUT2D eigenvalue weighted by Crippen LogP contribution is -2.18. The lowest BCUT2D eigenvalue weighted by atomic mass is 10.3. The molecule has 4 nitrogen and oxygen atoms in total. The second kappa shape index (κ2) is 5.97. The molecule has 0 aliphatic heterocycles. The standard InChI is InChI=1S/C5H4F3NOS2.C2H4O2/c6-5(7,8)3(10)2-1-9-4(11)12-2;1-2(3)4/h1,3,10H,(H,9,11);1H3,(H,3,4). The Morgan fingerprint density at radius 2 is 2.06 bits per heavy atom. The number of rotatable bonds is 1. The van der Waals surface area contributed by atoms with Crippen LogP contribution in [0.15, 0.2) is 6.20 Å². The number of alkyl halides is 3. The predicted octanol–water partition coefficient (Wildman–Crippen LogP) is 2.49. The number of aliphatic hydroxyl groups excluding tert-OH is 1. The van der Waals surface area contributed by atoms with Gasteiger partial charge in [-0.05, 0) is 12.2 Å². The summed E-state index contributed by atoms with van der Waals surface area (Å²) in [4.78, 5) is 11.2. The molecule has 0 aliphatic rings. The van der Waals surface area contributed by atoms with Gasteiger partial charge >= 0.3 is 6.18 Å². The quantitative estimate of drug-likeness (QED) is 0.688. The molecule has 9 heteroatoms. The van der Waals surface area contributed by atoms with E-state index < -0.39 is 18.2 Å². The van der Waals surface area contributed by atoms with Gasteiger partial charge in [-0.3, -0.25) is 4.79 Å². The van der Waals surface area contributed by atoms with E-state index in [-0.39, 0.29) is 8.83 Å². The van der Waals surface area contributed by atoms with E-state index in [4.69, 9.17) is 15.0 Å². The molecule has 0 amide bonds. The molecule has 1 atom stereocenters. The molecule has 1 rings (SSSR count). The number of thiazole rings is 1. The van der Waals surface area contributed by atoms with Gasteiger partial charge in [0.2, 0.25) is 0 Å². The largest absolute Gasteiger partial charge is 0.481 e. The van der Waals surface area contributed by atoms with E-state index in [0.29, 0.717) is 11.3 Å². The number of carboxylic acid groups (broad SMARTS) is 1. The number of carboxylic acids is 1. The minimum absolute atomic E-state index is 0.215. The Balaban J connectivity index is 0.000000487. The first-order valence-electron chi connectivity index (χ1n) is 3.77. The number of aliphatic carboxylic acids is 1. The van der Waals surface area contributed by atoms with Gasteiger partial charge in [-0.1, -0.05) is 0 Å². The molecule has 0 radical (unpaired) electrons. The van der Waals surface area contributed by atoms with Gasteiger partial charge in [0, 0.05) is 13.1 Å². The van der Waals surface area contributed by atoms with Crippen molar-refractivity contribution < 1.29 is 28.2 Å². The molecular weight excluding hydrogens is 267 g/mol. The molecule has 1 heterocycles. The maximum Gasteiger partial charge on any atom is 0.419 e. The van der Waals surface area contributed by atoms with Crippen LogP contribution in [0.1, 0.15) is 17.9 Å². The lowest BCUT2D eigenvalue weighted by Gasteiger charge is -2.11. The monoisotopic (exact) mass is 275 g/mol. The molecule has 1 aromatic heterocycles. The highest BCUT2D eigenvalue weighted by molar-refractivity contribution is 7.73. The highest BCUT2D eigenvalue weighted by atomic mass is 32.1. The third-order valence-electron chi connectivity index (χ3n) is 1.12. The Hall–Kier alpha value is -0.930. The molecule has 16 heavy (non-hydrogen) atoms. The van der Waals surface area contributed by atoms with Crippen LogP contribution in [0, 0.1) is 3.95 Å². The van der Waals surface area contributed by atoms with E-state index in [2.05, 4.69) is 17.2 Å². The van der Waals surface area contributed by atoms with E-state index in [9.17, 15) is 13.2 Å². The number of aliphatic hydroxyl groups is 1. The van der Waals surface area contributed by atoms with Gasteiger partial charge in [0.05, 0.1) is 4.88 Å². The van der Waals surface area contributed by atoms with Crippen LogP contribution in [-0.2, 0) is 4.79 Å². The van der Waals surface area contributed by atoms with Gasteiger partial charge in [0.25, 0.3) is 5.97 Å². The SMILES string of the molecule is CC(=O)O.OC(c1c[nH]c(=S)s1)C(F)(F)F. The van der Waals surface area contributed by atoms with Crippen LogP contribution in [-0.4, -0.2) is 27.3 Å². The zero-order chi connectivity index (χ0) is 12.9. The van der Waals surface area contributed by atoms with Crippen molar-refractivity contribution in [3.05, 3.63) is 15.0 Å². The number of halogens is 3. The number of H-pyrrole nitrogens is 1. The first-order chi connectivity index (χ1) is 7.14. The number of aromatic amines is 1. The number of hydrogen-bond donors (Lipinski definition) is 3. The Morgan fingerprint density at radius 1 is 1.62 bits per heavy atom. The summed E-state index contributed by atoms with van der Waals surface area (Å²) in [6.45, 7) is 1.08. The lowest BCUT2D eigenvalue weighted by molar-refractivity contribution is -0.205. The molecule has 0 aliphatic carbocycles. The van der Waals surface area contributed by atoms with Crippen LogP contribution in [0.2, 0.25) is 0 Å². The van der Waals surface area contributed by atoms with Crippen molar-refractivity contribution in [3.63, 3.8) is 0 Å². The summed E-state index contributed by atoms with van der Waals surface area (Å²) < 4.78 is 35.8. The highest BCUT2D eigenvalue weighted by Crippen LogP contribution is 2.34. The van der Waals surface area contributed by atoms with Crippen molar-refractivity contribution >= 4 is 29.5 Å². The second-order valence-corrected chi connectivity index (χ2v) is 4.29. The summed E-state index contributed by atoms with van der Waals surface area (Å²) in [5.41, 5.74) is 0. The van der Waals surface area contributed by atoms with Gasteiger partial charge < -0.3 is 15.2 Å². The van der Waals surface area contributed by atoms with Crippen molar-refractivity contribution in [2.24, 2.45) is 0 Å². The molecule has 0 saturated carbocycles. The zero-order valence-electron chi connectivity index (χ0n) is 7.91. The summed E-state index contributed by atoms with van der Waals surface area (Å²) in [6, 6.07) is 0. The van der Waals surface area contributed by atoms with Gasteiger partial charge in [-0.2, -0.15) is 13.2 Å². The number of aromatic nitrogens is 1. The third kappa shape index (κ3) is 5.83. The minimum atomic E-state index is -4.62. The Morgan fingerprint density at radius 3 is 2.31 bits per heavy atom. The van der Waals surface area contributed by atoms with E-state index in [1.807, 2.05) is 0 Å². The van der Waals surface area contributed by atoms with Crippen LogP contribution in [0.3, 0.4) is 0 Å². The molecule has 3 N–H and O–H groups in total. The number of hydrogen-bond acceptors (Lipinski definition) is 4. The zero-order valence-corrected chi connectivity index (χ0v) is 9.54. The van der Waals surface area contributed by atoms with Crippen LogP contribution in [0.25, 0.3) is 0 Å². The van der Waals surface area contributed by atoms with Crippen molar-refractivity contribution in [3.8, 4) is 0 Å². The fourth-order valence-corrected chi connectivity index (χ4v) is 1.63. The molecule has 0 bridgehead atoms. The van der Waals surface area contributed by atoms with Gasteiger partial charge in [-0.25, -0.2) is 0 Å². The predicted molar refractivity (Wildman–Crippen MR) is 53.8 cm³/mol. The molecule has 0 fully saturated rings. The number of nitrogens with one attached hydrogen (secondary N) is 1. The van der Waals surface area contributed by atoms with Gasteiger partial charge in [0.15, 0.2) is 10.1 Å². The van der Waals surface area contributed by atoms with Crippen LogP contribution >= 0.6 is 23.6 Å². The molecule has 92 valence electrons. The third-order valence-corrected chi connectivity index (χ3v) is 2.37. The van der Waals surface area contributed by atoms with Crippen LogP contribution in [0.5, 0.6) is 0 Å². The fourth-order valence-electron chi connectivity index (χ4n) is 0.592. The Kier molecular flexibility index (Phi) is 5.62. The fraction of sp³-hybridized carbons (Fsp3) is 0.429. The first kappa shape index (κ1) is 15.1. The summed E-state index contributed by atoms with van der Waals surface area (Å²) in [6.07, 6.45) is -6.00. The van der Waals surface area contributed by atoms with E-state index in [1.165, 1.54) is 0 Å². The molecular formula is C7H8F3NO3S2. The summed E-state index contributed by atoms with van der Waals surface area (Å²) >= 11 is 5.27. The average Bonchev–Trinajstić information content (AvgIpc) is 2.47. The van der Waals surface area contributed by atoms with Gasteiger partial charge in [-0.15, -0.1) is 11.3 Å². The van der Waals surface area contributed by atoms with Crippen LogP contribution < -0.4 is 0 Å². The van der Waals surface area contributed by atoms with E-state index in [0.717, 1.165) is 13.1 Å². The topological polar surface area (TPSA) is 73.3 Å². The molecule has 1 aromatic rings. The molecule has 1 unspecified atom stereocenters. The molecule has 0 spiro atoms. The average molecular weight is 275 g/mol. The first-order valence-corrected chi connectivity index (χ1v) is 4.99. The van der Waals surface area contributed by atoms with Crippen molar-refractivity contribution in [1.82, 2.24) is 4.98 Å². The molecule has 0 aromatic carbocycles. The Bertz CT molecular complexity index is 394. The maximum atomic E-state index is 11.9. The minimum Gasteiger partial charge on any atom is -0.481 e. The maximum absolute atomic E-state index is 11.9. The normalized spacial score (nSPS) is 12.6. The highest BCUT2D eigenvalue weighted by Gasteiger charge is 2.40. The Labute approximate surface area is 97.4 Å². The summed E-state index contributed by atoms with van der Waals surface area (Å²) in [5.74, 6) is -0.833. The second-order valence-electron chi connectivity index (χ2n) is 2.54. The van der Waals surface area contributed by atoms with Gasteiger partial charge in [0.1, 0.15) is 0 Å². The van der Waals surface area contributed by atoms with Crippen molar-refractivity contribution in [2.45, 2.75) is 19.2 Å². The summed E-state index contributed by atoms with van der Waals surface area (Å²) in [7, 11) is 0. The summed E-state index contributed by atoms with van der Waals surface area (Å²) in [5, 5.41) is 16.1. The van der Waals surface area contributed by atoms with E-state index >= 15 is 0 Å². The smallest absolute Gasteiger partial charge is 0.419 e. The van der Waals surface area contributed by atoms with Crippen molar-refractivity contribution in [1.29, 1.82) is 0 Å². The van der Waals surface area contributed by atoms with E-state index in [1.54, 1.807) is 0 Å². The number of carbonyl (C=O) groups is 1.